The summed E-state index contributed by atoms with van der Waals surface area (Å²) in [6.07, 6.45) is 0.641. The van der Waals surface area contributed by atoms with Crippen LogP contribution in [0.4, 0.5) is 13.2 Å². The van der Waals surface area contributed by atoms with Gasteiger partial charge in [0.1, 0.15) is 0 Å². The highest BCUT2D eigenvalue weighted by Gasteiger charge is 2.29. The maximum Gasteiger partial charge on any atom is 0.384 e. The van der Waals surface area contributed by atoms with Crippen LogP contribution >= 0.6 is 0 Å². The Kier molecular flexibility index (Phi) is 8.80. The van der Waals surface area contributed by atoms with E-state index in [0.717, 1.165) is 25.7 Å². The van der Waals surface area contributed by atoms with Gasteiger partial charge < -0.3 is 9.47 Å². The van der Waals surface area contributed by atoms with Gasteiger partial charge in [-0.15, -0.1) is 0 Å². The van der Waals surface area contributed by atoms with Gasteiger partial charge in [0.25, 0.3) is 0 Å². The molecule has 0 radical (unpaired) electrons. The van der Waals surface area contributed by atoms with E-state index in [-0.39, 0.29) is 13.2 Å². The van der Waals surface area contributed by atoms with Crippen LogP contribution in [-0.4, -0.2) is 32.6 Å². The third-order valence-corrected chi connectivity index (χ3v) is 1.84. The van der Waals surface area contributed by atoms with Crippen molar-refractivity contribution in [2.45, 2.75) is 38.7 Å². The van der Waals surface area contributed by atoms with E-state index in [9.17, 15) is 13.2 Å². The lowest BCUT2D eigenvalue weighted by Gasteiger charge is -2.12. The Hall–Kier alpha value is -0.290. The van der Waals surface area contributed by atoms with E-state index in [1.54, 1.807) is 0 Å². The van der Waals surface area contributed by atoms with E-state index in [2.05, 4.69) is 11.7 Å². The fraction of sp³-hybridized carbons (Fsp3) is 1.00. The number of rotatable bonds is 10. The monoisotopic (exact) mass is 228 g/mol. The first-order valence-corrected chi connectivity index (χ1v) is 5.28. The molecule has 0 unspecified atom stereocenters. The Morgan fingerprint density at radius 2 is 1.73 bits per heavy atom. The Morgan fingerprint density at radius 1 is 1.00 bits per heavy atom. The van der Waals surface area contributed by atoms with E-state index in [1.165, 1.54) is 0 Å². The van der Waals surface area contributed by atoms with Crippen molar-refractivity contribution in [3.8, 4) is 0 Å². The quantitative estimate of drug-likeness (QED) is 0.535. The van der Waals surface area contributed by atoms with Crippen molar-refractivity contribution in [3.63, 3.8) is 0 Å². The van der Waals surface area contributed by atoms with Crippen LogP contribution in [0, 0.1) is 0 Å². The van der Waals surface area contributed by atoms with E-state index >= 15 is 0 Å². The van der Waals surface area contributed by atoms with Gasteiger partial charge in [0.05, 0.1) is 13.2 Å². The minimum Gasteiger partial charge on any atom is -0.379 e. The fourth-order valence-electron chi connectivity index (χ4n) is 1.02. The van der Waals surface area contributed by atoms with Crippen molar-refractivity contribution in [2.24, 2.45) is 0 Å². The summed E-state index contributed by atoms with van der Waals surface area (Å²) < 4.78 is 44.9. The average Bonchev–Trinajstić information content (AvgIpc) is 2.22. The molecule has 0 spiro atoms. The highest BCUT2D eigenvalue weighted by Crippen LogP contribution is 2.14. The van der Waals surface area contributed by atoms with Crippen molar-refractivity contribution in [1.29, 1.82) is 0 Å². The first-order chi connectivity index (χ1) is 7.12. The minimum atomic E-state index is -3.66. The van der Waals surface area contributed by atoms with Crippen LogP contribution in [0.2, 0.25) is 0 Å². The molecule has 5 heteroatoms. The number of alkyl halides is 3. The highest BCUT2D eigenvalue weighted by molar-refractivity contribution is 4.47. The van der Waals surface area contributed by atoms with Gasteiger partial charge >= 0.3 is 6.11 Å². The van der Waals surface area contributed by atoms with E-state index in [1.807, 2.05) is 0 Å². The summed E-state index contributed by atoms with van der Waals surface area (Å²) >= 11 is 0. The van der Waals surface area contributed by atoms with Crippen molar-refractivity contribution in [2.75, 3.05) is 26.5 Å². The molecule has 0 aliphatic heterocycles. The number of halogens is 3. The summed E-state index contributed by atoms with van der Waals surface area (Å²) in [4.78, 5) is 0. The molecule has 0 aromatic carbocycles. The second-order valence-electron chi connectivity index (χ2n) is 3.29. The molecule has 0 aliphatic carbocycles. The van der Waals surface area contributed by atoms with Crippen LogP contribution in [0.3, 0.4) is 0 Å². The lowest BCUT2D eigenvalue weighted by Crippen LogP contribution is -2.25. The summed E-state index contributed by atoms with van der Waals surface area (Å²) in [5, 5.41) is 0. The molecule has 0 fully saturated rings. The second kappa shape index (κ2) is 8.97. The molecule has 0 aliphatic rings. The lowest BCUT2D eigenvalue weighted by atomic mass is 10.2. The summed E-state index contributed by atoms with van der Waals surface area (Å²) in [6.45, 7) is 0.675. The van der Waals surface area contributed by atoms with Crippen molar-refractivity contribution in [1.82, 2.24) is 0 Å². The van der Waals surface area contributed by atoms with Crippen LogP contribution in [0.5, 0.6) is 0 Å². The standard InChI is InChI=1S/C10H19F3O2/c1-2-3-4-5-6-14-7-8-15-10(12,13)9-11/h2-9H2,1H3. The maximum atomic E-state index is 12.2. The van der Waals surface area contributed by atoms with Gasteiger partial charge in [-0.2, -0.15) is 8.78 Å². The Morgan fingerprint density at radius 3 is 2.33 bits per heavy atom. The van der Waals surface area contributed by atoms with Gasteiger partial charge in [0, 0.05) is 6.61 Å². The van der Waals surface area contributed by atoms with Crippen LogP contribution in [-0.2, 0) is 9.47 Å². The van der Waals surface area contributed by atoms with Gasteiger partial charge in [-0.05, 0) is 6.42 Å². The first kappa shape index (κ1) is 14.7. The summed E-state index contributed by atoms with van der Waals surface area (Å²) in [6, 6.07) is 0. The minimum absolute atomic E-state index is 0.0850. The molecule has 0 bridgehead atoms. The van der Waals surface area contributed by atoms with Gasteiger partial charge in [0.2, 0.25) is 0 Å². The fourth-order valence-corrected chi connectivity index (χ4v) is 1.02. The third-order valence-electron chi connectivity index (χ3n) is 1.84. The first-order valence-electron chi connectivity index (χ1n) is 5.28. The Balaban J connectivity index is 3.11. The average molecular weight is 228 g/mol. The molecular formula is C10H19F3O2. The zero-order valence-corrected chi connectivity index (χ0v) is 9.11. The molecule has 0 atom stereocenters. The zero-order chi connectivity index (χ0) is 11.6. The van der Waals surface area contributed by atoms with E-state index in [4.69, 9.17) is 4.74 Å². The van der Waals surface area contributed by atoms with Gasteiger partial charge in [0.15, 0.2) is 6.67 Å². The van der Waals surface area contributed by atoms with Crippen LogP contribution < -0.4 is 0 Å². The van der Waals surface area contributed by atoms with E-state index < -0.39 is 12.8 Å². The van der Waals surface area contributed by atoms with Crippen LogP contribution in [0.25, 0.3) is 0 Å². The normalized spacial score (nSPS) is 12.0. The predicted octanol–water partition coefficient (Wildman–Crippen LogP) is 3.16. The largest absolute Gasteiger partial charge is 0.384 e. The molecule has 15 heavy (non-hydrogen) atoms. The molecule has 0 heterocycles. The molecule has 0 saturated heterocycles. The Bertz CT molecular complexity index is 143. The molecule has 0 N–H and O–H groups in total. The zero-order valence-electron chi connectivity index (χ0n) is 9.11. The molecule has 0 aromatic rings. The summed E-state index contributed by atoms with van der Waals surface area (Å²) in [5.41, 5.74) is 0. The van der Waals surface area contributed by atoms with E-state index in [0.29, 0.717) is 6.61 Å². The van der Waals surface area contributed by atoms with Gasteiger partial charge in [-0.1, -0.05) is 26.2 Å². The number of hydrogen-bond donors (Lipinski definition) is 0. The molecular weight excluding hydrogens is 209 g/mol. The third kappa shape index (κ3) is 10.0. The molecule has 0 aromatic heterocycles. The van der Waals surface area contributed by atoms with Crippen molar-refractivity contribution >= 4 is 0 Å². The SMILES string of the molecule is CCCCCCOCCOC(F)(F)CF. The number of unbranched alkanes of at least 4 members (excludes halogenated alkanes) is 3. The highest BCUT2D eigenvalue weighted by atomic mass is 19.3. The number of hydrogen-bond acceptors (Lipinski definition) is 2. The maximum absolute atomic E-state index is 12.2. The van der Waals surface area contributed by atoms with Crippen molar-refractivity contribution in [3.05, 3.63) is 0 Å². The Labute approximate surface area is 88.7 Å². The molecule has 2 nitrogen and oxygen atoms in total. The summed E-state index contributed by atoms with van der Waals surface area (Å²) in [7, 11) is 0. The van der Waals surface area contributed by atoms with Crippen molar-refractivity contribution < 1.29 is 22.6 Å². The second-order valence-corrected chi connectivity index (χ2v) is 3.29. The summed E-state index contributed by atoms with van der Waals surface area (Å²) in [5.74, 6) is 0. The van der Waals surface area contributed by atoms with Crippen LogP contribution in [0.15, 0.2) is 0 Å². The molecule has 0 saturated carbocycles. The predicted molar refractivity (Wildman–Crippen MR) is 51.8 cm³/mol. The van der Waals surface area contributed by atoms with Crippen LogP contribution in [0.1, 0.15) is 32.6 Å². The smallest absolute Gasteiger partial charge is 0.379 e. The van der Waals surface area contributed by atoms with Gasteiger partial charge in [-0.25, -0.2) is 4.39 Å². The van der Waals surface area contributed by atoms with Gasteiger partial charge in [-0.3, -0.25) is 0 Å². The molecule has 0 rings (SSSR count). The number of ether oxygens (including phenoxy) is 2. The topological polar surface area (TPSA) is 18.5 Å². The lowest BCUT2D eigenvalue weighted by molar-refractivity contribution is -0.250. The molecule has 92 valence electrons. The molecule has 0 amide bonds.